The minimum Gasteiger partial charge on any atom is -0.481 e. The predicted octanol–water partition coefficient (Wildman–Crippen LogP) is 2.44. The van der Waals surface area contributed by atoms with Crippen LogP contribution in [0.1, 0.15) is 18.7 Å². The maximum Gasteiger partial charge on any atom is 0.311 e. The average Bonchev–Trinajstić information content (AvgIpc) is 3.03. The van der Waals surface area contributed by atoms with Crippen molar-refractivity contribution in [1.29, 1.82) is 0 Å². The summed E-state index contributed by atoms with van der Waals surface area (Å²) in [6.07, 6.45) is 1.52. The monoisotopic (exact) mass is 260 g/mol. The van der Waals surface area contributed by atoms with E-state index in [4.69, 9.17) is 4.42 Å². The van der Waals surface area contributed by atoms with Crippen molar-refractivity contribution < 1.29 is 14.3 Å². The van der Waals surface area contributed by atoms with Gasteiger partial charge in [-0.2, -0.15) is 0 Å². The molecule has 0 spiro atoms. The van der Waals surface area contributed by atoms with E-state index >= 15 is 0 Å². The molecule has 0 saturated heterocycles. The molecular weight excluding hydrogens is 244 g/mol. The van der Waals surface area contributed by atoms with Crippen LogP contribution in [-0.4, -0.2) is 29.7 Å². The average molecular weight is 260 g/mol. The van der Waals surface area contributed by atoms with Gasteiger partial charge in [-0.05, 0) is 25.0 Å². The summed E-state index contributed by atoms with van der Waals surface area (Å²) in [6.45, 7) is 2.34. The van der Waals surface area contributed by atoms with Crippen molar-refractivity contribution in [3.63, 3.8) is 0 Å². The second-order valence-electron chi connectivity index (χ2n) is 5.33. The van der Waals surface area contributed by atoms with E-state index in [9.17, 15) is 9.90 Å². The van der Waals surface area contributed by atoms with Crippen LogP contribution >= 0.6 is 0 Å². The van der Waals surface area contributed by atoms with E-state index in [1.54, 1.807) is 0 Å². The third-order valence-corrected chi connectivity index (χ3v) is 3.77. The minimum absolute atomic E-state index is 0.529. The number of fused-ring (bicyclic) bond motifs is 1. The number of aromatic nitrogens is 1. The van der Waals surface area contributed by atoms with Gasteiger partial charge in [0.1, 0.15) is 5.52 Å². The summed E-state index contributed by atoms with van der Waals surface area (Å²) in [4.78, 5) is 17.4. The van der Waals surface area contributed by atoms with Crippen molar-refractivity contribution in [2.24, 2.45) is 5.41 Å². The molecule has 1 heterocycles. The van der Waals surface area contributed by atoms with E-state index in [0.29, 0.717) is 12.4 Å². The number of aliphatic carboxylic acids is 1. The normalized spacial score (nSPS) is 16.5. The fourth-order valence-electron chi connectivity index (χ4n) is 2.40. The number of nitrogens with zero attached hydrogens (tertiary/aromatic N) is 2. The first-order valence-corrected chi connectivity index (χ1v) is 6.32. The van der Waals surface area contributed by atoms with Gasteiger partial charge >= 0.3 is 5.97 Å². The van der Waals surface area contributed by atoms with Crippen LogP contribution < -0.4 is 4.90 Å². The number of carbonyl (C=O) groups is 1. The molecule has 1 aliphatic rings. The summed E-state index contributed by atoms with van der Waals surface area (Å²) in [7, 11) is 1.91. The number of oxazole rings is 1. The van der Waals surface area contributed by atoms with Crippen molar-refractivity contribution >= 4 is 22.8 Å². The van der Waals surface area contributed by atoms with Gasteiger partial charge in [0.2, 0.25) is 0 Å². The maximum atomic E-state index is 11.2. The number of carboxylic acid groups (broad SMARTS) is 1. The van der Waals surface area contributed by atoms with E-state index in [1.807, 2.05) is 37.1 Å². The van der Waals surface area contributed by atoms with Gasteiger partial charge in [-0.3, -0.25) is 4.79 Å². The van der Waals surface area contributed by atoms with E-state index in [-0.39, 0.29) is 0 Å². The second-order valence-corrected chi connectivity index (χ2v) is 5.33. The van der Waals surface area contributed by atoms with E-state index in [0.717, 1.165) is 29.6 Å². The molecular formula is C14H16N2O3. The van der Waals surface area contributed by atoms with Crippen LogP contribution in [0.15, 0.2) is 22.6 Å². The Morgan fingerprint density at radius 2 is 2.26 bits per heavy atom. The van der Waals surface area contributed by atoms with Crippen molar-refractivity contribution in [2.45, 2.75) is 19.8 Å². The highest BCUT2D eigenvalue weighted by Gasteiger charge is 2.50. The fraction of sp³-hybridized carbons (Fsp3) is 0.429. The Morgan fingerprint density at radius 1 is 1.53 bits per heavy atom. The first kappa shape index (κ1) is 12.0. The second kappa shape index (κ2) is 3.98. The highest BCUT2D eigenvalue weighted by atomic mass is 16.4. The van der Waals surface area contributed by atoms with Gasteiger partial charge in [-0.25, -0.2) is 4.98 Å². The van der Waals surface area contributed by atoms with Gasteiger partial charge in [-0.1, -0.05) is 0 Å². The number of rotatable bonds is 4. The number of aryl methyl sites for hydroxylation is 1. The summed E-state index contributed by atoms with van der Waals surface area (Å²) in [6, 6.07) is 5.76. The third kappa shape index (κ3) is 2.05. The Bertz CT molecular complexity index is 643. The molecule has 1 fully saturated rings. The van der Waals surface area contributed by atoms with Gasteiger partial charge in [-0.15, -0.1) is 0 Å². The molecule has 0 radical (unpaired) electrons. The quantitative estimate of drug-likeness (QED) is 0.914. The van der Waals surface area contributed by atoms with Crippen molar-refractivity contribution in [1.82, 2.24) is 4.98 Å². The smallest absolute Gasteiger partial charge is 0.311 e. The first-order valence-electron chi connectivity index (χ1n) is 6.32. The summed E-state index contributed by atoms with van der Waals surface area (Å²) in [5, 5.41) is 9.22. The molecule has 1 saturated carbocycles. The molecule has 0 aliphatic heterocycles. The largest absolute Gasteiger partial charge is 0.481 e. The van der Waals surface area contributed by atoms with Crippen molar-refractivity contribution in [3.05, 3.63) is 24.1 Å². The Kier molecular flexibility index (Phi) is 2.52. The lowest BCUT2D eigenvalue weighted by Crippen LogP contribution is -2.31. The molecule has 5 heteroatoms. The van der Waals surface area contributed by atoms with Crippen LogP contribution in [-0.2, 0) is 4.79 Å². The molecule has 0 bridgehead atoms. The van der Waals surface area contributed by atoms with Crippen LogP contribution in [0.4, 0.5) is 5.69 Å². The van der Waals surface area contributed by atoms with Gasteiger partial charge in [0.25, 0.3) is 0 Å². The number of anilines is 1. The van der Waals surface area contributed by atoms with Gasteiger partial charge in [0, 0.05) is 32.3 Å². The minimum atomic E-state index is -0.698. The molecule has 0 atom stereocenters. The SMILES string of the molecule is Cc1nc2ccc(N(C)CC3(C(=O)O)CC3)cc2o1. The molecule has 2 aromatic rings. The lowest BCUT2D eigenvalue weighted by Gasteiger charge is -2.23. The molecule has 19 heavy (non-hydrogen) atoms. The van der Waals surface area contributed by atoms with Crippen molar-refractivity contribution in [2.75, 3.05) is 18.5 Å². The number of hydrogen-bond donors (Lipinski definition) is 1. The summed E-state index contributed by atoms with van der Waals surface area (Å²) >= 11 is 0. The zero-order chi connectivity index (χ0) is 13.6. The Hall–Kier alpha value is -2.04. The molecule has 5 nitrogen and oxygen atoms in total. The third-order valence-electron chi connectivity index (χ3n) is 3.77. The summed E-state index contributed by atoms with van der Waals surface area (Å²) < 4.78 is 5.50. The highest BCUT2D eigenvalue weighted by Crippen LogP contribution is 2.46. The van der Waals surface area contributed by atoms with E-state index < -0.39 is 11.4 Å². The summed E-state index contributed by atoms with van der Waals surface area (Å²) in [5.41, 5.74) is 1.97. The maximum absolute atomic E-state index is 11.2. The molecule has 3 rings (SSSR count). The lowest BCUT2D eigenvalue weighted by atomic mass is 10.1. The molecule has 1 aromatic heterocycles. The zero-order valence-corrected chi connectivity index (χ0v) is 11.0. The topological polar surface area (TPSA) is 66.6 Å². The van der Waals surface area contributed by atoms with E-state index in [1.165, 1.54) is 0 Å². The van der Waals surface area contributed by atoms with Gasteiger partial charge in [0.05, 0.1) is 5.41 Å². The van der Waals surface area contributed by atoms with E-state index in [2.05, 4.69) is 4.98 Å². The summed E-state index contributed by atoms with van der Waals surface area (Å²) in [5.74, 6) is -0.0602. The first-order chi connectivity index (χ1) is 9.00. The van der Waals surface area contributed by atoms with Crippen LogP contribution in [0.3, 0.4) is 0 Å². The van der Waals surface area contributed by atoms with Crippen LogP contribution in [0.2, 0.25) is 0 Å². The van der Waals surface area contributed by atoms with Crippen LogP contribution in [0.25, 0.3) is 11.1 Å². The van der Waals surface area contributed by atoms with Gasteiger partial charge in [0.15, 0.2) is 11.5 Å². The predicted molar refractivity (Wildman–Crippen MR) is 71.3 cm³/mol. The molecule has 1 aliphatic carbocycles. The number of hydrogen-bond acceptors (Lipinski definition) is 4. The highest BCUT2D eigenvalue weighted by molar-refractivity contribution is 5.80. The Labute approximate surface area is 110 Å². The molecule has 1 aromatic carbocycles. The molecule has 0 unspecified atom stereocenters. The zero-order valence-electron chi connectivity index (χ0n) is 11.0. The number of carboxylic acids is 1. The molecule has 100 valence electrons. The van der Waals surface area contributed by atoms with Crippen LogP contribution in [0.5, 0.6) is 0 Å². The molecule has 0 amide bonds. The Morgan fingerprint density at radius 3 is 2.89 bits per heavy atom. The molecule has 1 N–H and O–H groups in total. The number of benzene rings is 1. The standard InChI is InChI=1S/C14H16N2O3/c1-9-15-11-4-3-10(7-12(11)19-9)16(2)8-14(5-6-14)13(17)18/h3-4,7H,5-6,8H2,1-2H3,(H,17,18). The fourth-order valence-corrected chi connectivity index (χ4v) is 2.40. The Balaban J connectivity index is 1.85. The van der Waals surface area contributed by atoms with Crippen LogP contribution in [0, 0.1) is 12.3 Å². The lowest BCUT2D eigenvalue weighted by molar-refractivity contribution is -0.142. The van der Waals surface area contributed by atoms with Crippen molar-refractivity contribution in [3.8, 4) is 0 Å². The van der Waals surface area contributed by atoms with Gasteiger partial charge < -0.3 is 14.4 Å².